The van der Waals surface area contributed by atoms with E-state index in [9.17, 15) is 5.11 Å². The summed E-state index contributed by atoms with van der Waals surface area (Å²) in [5, 5.41) is 13.0. The molecule has 3 heterocycles. The van der Waals surface area contributed by atoms with Crippen molar-refractivity contribution in [1.82, 2.24) is 4.98 Å². The standard InChI is InChI=1S/C28H31NO2/c1-26-10-8-22-15-21-4-5-23(30)16-27(21)11-12-28(22,31-27)25(26)7-6-24(26)19-3-2-18-9-13-29-17-20(18)14-19/h2-3,8-9,13-15,17,23-25,30H,4-7,10-12,16H2,1H3/t23-,24-,25-,26?,27-,28-/m1/s1. The Kier molecular flexibility index (Phi) is 3.65. The Labute approximate surface area is 184 Å². The van der Waals surface area contributed by atoms with E-state index in [-0.39, 0.29) is 22.7 Å². The third kappa shape index (κ3) is 2.34. The average molecular weight is 414 g/mol. The molecule has 1 aromatic carbocycles. The molecule has 2 aromatic rings. The molecule has 0 radical (unpaired) electrons. The van der Waals surface area contributed by atoms with E-state index in [2.05, 4.69) is 48.3 Å². The van der Waals surface area contributed by atoms with Crippen LogP contribution in [0.15, 0.2) is 60.0 Å². The van der Waals surface area contributed by atoms with Gasteiger partial charge in [0.15, 0.2) is 0 Å². The molecular weight excluding hydrogens is 382 g/mol. The third-order valence-corrected chi connectivity index (χ3v) is 9.72. The van der Waals surface area contributed by atoms with E-state index in [1.807, 2.05) is 12.4 Å². The van der Waals surface area contributed by atoms with Crippen LogP contribution in [-0.4, -0.2) is 27.4 Å². The zero-order valence-corrected chi connectivity index (χ0v) is 18.3. The molecule has 7 rings (SSSR count). The molecular formula is C28H31NO2. The van der Waals surface area contributed by atoms with Crippen LogP contribution in [0.4, 0.5) is 0 Å². The van der Waals surface area contributed by atoms with Crippen molar-refractivity contribution in [3.63, 3.8) is 0 Å². The van der Waals surface area contributed by atoms with E-state index in [1.54, 1.807) is 0 Å². The molecule has 2 bridgehead atoms. The van der Waals surface area contributed by atoms with Gasteiger partial charge in [-0.15, -0.1) is 0 Å². The Balaban J connectivity index is 1.31. The molecule has 6 atom stereocenters. The third-order valence-electron chi connectivity index (χ3n) is 9.72. The van der Waals surface area contributed by atoms with Crippen molar-refractivity contribution >= 4 is 10.8 Å². The fourth-order valence-electron chi connectivity index (χ4n) is 8.25. The van der Waals surface area contributed by atoms with Gasteiger partial charge in [-0.1, -0.05) is 31.2 Å². The van der Waals surface area contributed by atoms with Crippen molar-refractivity contribution in [1.29, 1.82) is 0 Å². The van der Waals surface area contributed by atoms with Gasteiger partial charge in [-0.2, -0.15) is 0 Å². The zero-order valence-electron chi connectivity index (χ0n) is 18.3. The van der Waals surface area contributed by atoms with Crippen LogP contribution in [0.2, 0.25) is 0 Å². The van der Waals surface area contributed by atoms with Crippen molar-refractivity contribution in [3.8, 4) is 0 Å². The second-order valence-corrected chi connectivity index (χ2v) is 11.1. The minimum absolute atomic E-state index is 0.138. The number of hydrogen-bond donors (Lipinski definition) is 1. The Hall–Kier alpha value is -1.97. The normalized spacial score (nSPS) is 43.1. The molecule has 1 unspecified atom stereocenters. The van der Waals surface area contributed by atoms with E-state index in [0.717, 1.165) is 38.5 Å². The van der Waals surface area contributed by atoms with Crippen LogP contribution in [0.25, 0.3) is 10.8 Å². The summed E-state index contributed by atoms with van der Waals surface area (Å²) < 4.78 is 7.18. The molecule has 1 aromatic heterocycles. The summed E-state index contributed by atoms with van der Waals surface area (Å²) in [6.45, 7) is 2.52. The first-order valence-electron chi connectivity index (χ1n) is 12.2. The summed E-state index contributed by atoms with van der Waals surface area (Å²) in [6.07, 6.45) is 17.1. The Bertz CT molecular complexity index is 1150. The van der Waals surface area contributed by atoms with Gasteiger partial charge in [0.2, 0.25) is 0 Å². The molecule has 3 nitrogen and oxygen atoms in total. The number of allylic oxidation sites excluding steroid dienone is 1. The van der Waals surface area contributed by atoms with Crippen molar-refractivity contribution < 1.29 is 9.84 Å². The Morgan fingerprint density at radius 1 is 1.10 bits per heavy atom. The Morgan fingerprint density at radius 2 is 2.03 bits per heavy atom. The van der Waals surface area contributed by atoms with E-state index < -0.39 is 0 Å². The molecule has 3 fully saturated rings. The van der Waals surface area contributed by atoms with Crippen LogP contribution in [-0.2, 0) is 4.74 Å². The monoisotopic (exact) mass is 413 g/mol. The first-order chi connectivity index (χ1) is 15.0. The second-order valence-electron chi connectivity index (χ2n) is 11.1. The number of aliphatic hydroxyl groups is 1. The van der Waals surface area contributed by atoms with E-state index >= 15 is 0 Å². The minimum atomic E-state index is -0.213. The first-order valence-corrected chi connectivity index (χ1v) is 12.2. The summed E-state index contributed by atoms with van der Waals surface area (Å²) in [6, 6.07) is 9.10. The van der Waals surface area contributed by atoms with Crippen molar-refractivity contribution in [2.75, 3.05) is 0 Å². The molecule has 2 saturated carbocycles. The lowest BCUT2D eigenvalue weighted by Gasteiger charge is -2.54. The van der Waals surface area contributed by atoms with Crippen LogP contribution in [0, 0.1) is 11.3 Å². The summed E-state index contributed by atoms with van der Waals surface area (Å²) in [7, 11) is 0. The predicted octanol–water partition coefficient (Wildman–Crippen LogP) is 5.84. The zero-order chi connectivity index (χ0) is 20.8. The number of nitrogens with zero attached hydrogens (tertiary/aromatic N) is 1. The van der Waals surface area contributed by atoms with E-state index in [1.165, 1.54) is 40.3 Å². The number of aliphatic hydroxyl groups excluding tert-OH is 1. The maximum Gasteiger partial charge on any atom is 0.0974 e. The fraction of sp³-hybridized carbons (Fsp3) is 0.536. The Morgan fingerprint density at radius 3 is 2.97 bits per heavy atom. The van der Waals surface area contributed by atoms with Gasteiger partial charge in [0, 0.05) is 24.2 Å². The van der Waals surface area contributed by atoms with Crippen LogP contribution >= 0.6 is 0 Å². The highest BCUT2D eigenvalue weighted by Crippen LogP contribution is 2.69. The van der Waals surface area contributed by atoms with E-state index in [4.69, 9.17) is 4.74 Å². The maximum atomic E-state index is 10.4. The number of benzene rings is 1. The highest BCUT2D eigenvalue weighted by molar-refractivity contribution is 5.82. The average Bonchev–Trinajstić information content (AvgIpc) is 3.28. The SMILES string of the molecule is CC12CC=C3C=C4CC[C@@H](O)C[C@]45CC[C@]3(O5)[C@@H]1CC[C@@H]2c1ccc2ccncc2c1. The molecule has 3 heteroatoms. The van der Waals surface area contributed by atoms with Gasteiger partial charge in [-0.3, -0.25) is 4.98 Å². The highest BCUT2D eigenvalue weighted by Gasteiger charge is 2.66. The van der Waals surface area contributed by atoms with Crippen molar-refractivity contribution in [2.45, 2.75) is 81.5 Å². The van der Waals surface area contributed by atoms with Gasteiger partial charge in [0.25, 0.3) is 0 Å². The van der Waals surface area contributed by atoms with Gasteiger partial charge in [-0.05, 0) is 96.4 Å². The number of rotatable bonds is 1. The lowest BCUT2D eigenvalue weighted by atomic mass is 9.58. The van der Waals surface area contributed by atoms with Crippen molar-refractivity contribution in [3.05, 3.63) is 65.5 Å². The predicted molar refractivity (Wildman–Crippen MR) is 122 cm³/mol. The maximum absolute atomic E-state index is 10.4. The molecule has 31 heavy (non-hydrogen) atoms. The van der Waals surface area contributed by atoms with Gasteiger partial charge in [0.05, 0.1) is 17.3 Å². The molecule has 160 valence electrons. The summed E-state index contributed by atoms with van der Waals surface area (Å²) in [5.41, 5.74) is 4.26. The molecule has 2 spiro atoms. The molecule has 1 saturated heterocycles. The topological polar surface area (TPSA) is 42.4 Å². The van der Waals surface area contributed by atoms with Crippen LogP contribution in [0.3, 0.4) is 0 Å². The number of fused-ring (bicyclic) bond motifs is 2. The lowest BCUT2D eigenvalue weighted by Crippen LogP contribution is -2.54. The molecule has 1 N–H and O–H groups in total. The van der Waals surface area contributed by atoms with Gasteiger partial charge >= 0.3 is 0 Å². The van der Waals surface area contributed by atoms with Crippen LogP contribution in [0.5, 0.6) is 0 Å². The number of hydrogen-bond acceptors (Lipinski definition) is 3. The fourth-order valence-corrected chi connectivity index (χ4v) is 8.25. The second kappa shape index (κ2) is 6.08. The van der Waals surface area contributed by atoms with Crippen LogP contribution < -0.4 is 0 Å². The van der Waals surface area contributed by atoms with Gasteiger partial charge in [0.1, 0.15) is 0 Å². The lowest BCUT2D eigenvalue weighted by molar-refractivity contribution is -0.144. The first kappa shape index (κ1) is 18.6. The van der Waals surface area contributed by atoms with Gasteiger partial charge < -0.3 is 9.84 Å². The van der Waals surface area contributed by atoms with E-state index in [0.29, 0.717) is 11.8 Å². The molecule has 2 aliphatic heterocycles. The largest absolute Gasteiger partial charge is 0.393 e. The van der Waals surface area contributed by atoms with Crippen LogP contribution in [0.1, 0.15) is 69.8 Å². The van der Waals surface area contributed by atoms with Gasteiger partial charge in [-0.25, -0.2) is 0 Å². The number of aromatic nitrogens is 1. The summed E-state index contributed by atoms with van der Waals surface area (Å²) in [5.74, 6) is 1.10. The number of ether oxygens (including phenoxy) is 1. The molecule has 0 amide bonds. The smallest absolute Gasteiger partial charge is 0.0974 e. The quantitative estimate of drug-likeness (QED) is 0.639. The number of pyridine rings is 1. The molecule has 3 aliphatic carbocycles. The highest BCUT2D eigenvalue weighted by atomic mass is 16.5. The molecule has 5 aliphatic rings. The van der Waals surface area contributed by atoms with Crippen molar-refractivity contribution in [2.24, 2.45) is 11.3 Å². The minimum Gasteiger partial charge on any atom is -0.393 e. The summed E-state index contributed by atoms with van der Waals surface area (Å²) >= 11 is 0. The summed E-state index contributed by atoms with van der Waals surface area (Å²) in [4.78, 5) is 4.35.